The van der Waals surface area contributed by atoms with Gasteiger partial charge in [-0.1, -0.05) is 0 Å². The van der Waals surface area contributed by atoms with Gasteiger partial charge >= 0.3 is 6.09 Å². The largest absolute Gasteiger partial charge is 0.444 e. The molecule has 7 heterocycles. The number of pyridine rings is 1. The molecule has 12 nitrogen and oxygen atoms in total. The predicted molar refractivity (Wildman–Crippen MR) is 200 cm³/mol. The van der Waals surface area contributed by atoms with E-state index in [2.05, 4.69) is 14.6 Å². The summed E-state index contributed by atoms with van der Waals surface area (Å²) >= 11 is 0. The van der Waals surface area contributed by atoms with Gasteiger partial charge in [-0.05, 0) is 75.8 Å². The fourth-order valence-corrected chi connectivity index (χ4v) is 8.65. The lowest BCUT2D eigenvalue weighted by Crippen LogP contribution is -2.58. The van der Waals surface area contributed by atoms with Crippen molar-refractivity contribution in [2.24, 2.45) is 13.0 Å². The Morgan fingerprint density at radius 1 is 0.963 bits per heavy atom. The number of aryl methyl sites for hydroxylation is 2. The van der Waals surface area contributed by atoms with E-state index in [0.717, 1.165) is 57.6 Å². The summed E-state index contributed by atoms with van der Waals surface area (Å²) in [5.74, 6) is 0.535. The van der Waals surface area contributed by atoms with Crippen molar-refractivity contribution < 1.29 is 27.9 Å². The number of fused-ring (bicyclic) bond motifs is 3. The molecule has 0 radical (unpaired) electrons. The number of halogens is 2. The number of benzene rings is 1. The Morgan fingerprint density at radius 3 is 2.43 bits per heavy atom. The van der Waals surface area contributed by atoms with Gasteiger partial charge in [0, 0.05) is 112 Å². The van der Waals surface area contributed by atoms with E-state index in [1.54, 1.807) is 30.3 Å². The zero-order valence-electron chi connectivity index (χ0n) is 31.6. The number of aromatic nitrogens is 4. The molecule has 0 spiro atoms. The molecule has 0 N–H and O–H groups in total. The zero-order chi connectivity index (χ0) is 38.1. The second kappa shape index (κ2) is 13.7. The Morgan fingerprint density at radius 2 is 1.72 bits per heavy atom. The molecule has 0 saturated carbocycles. The summed E-state index contributed by atoms with van der Waals surface area (Å²) in [6.45, 7) is 10.5. The van der Waals surface area contributed by atoms with E-state index < -0.39 is 18.1 Å². The molecule has 3 aromatic heterocycles. The van der Waals surface area contributed by atoms with Crippen molar-refractivity contribution in [2.45, 2.75) is 84.4 Å². The van der Waals surface area contributed by atoms with Gasteiger partial charge in [0.15, 0.2) is 5.82 Å². The Hall–Kier alpha value is -5.01. The molecule has 2 saturated heterocycles. The molecule has 0 aliphatic carbocycles. The first-order valence-electron chi connectivity index (χ1n) is 19.0. The number of anilines is 2. The summed E-state index contributed by atoms with van der Waals surface area (Å²) in [4.78, 5) is 50.1. The Bertz CT molecular complexity index is 2120. The molecule has 14 heteroatoms. The standard InChI is InChI=1S/C40H48F2N8O4/c1-24(51)47-16-11-34-32(23-47)37(44-50(34)27-9-14-46(15-10-27)38(52)26-20-48(21-26)39(53)54-40(2,3)4)49-13-6-7-25-17-28(29(36(41)42)18-35(25)49)31-22-45(5)33-8-12-43-19-30(31)33/h8,12,17-19,22,26-27,36H,6-7,9-11,13-16,20-21,23H2,1-5H3. The molecule has 0 bridgehead atoms. The van der Waals surface area contributed by atoms with Crippen LogP contribution >= 0.6 is 0 Å². The number of nitrogens with zero attached hydrogens (tertiary/aromatic N) is 8. The molecule has 0 atom stereocenters. The fourth-order valence-electron chi connectivity index (χ4n) is 8.65. The molecule has 4 aromatic rings. The van der Waals surface area contributed by atoms with Gasteiger partial charge in [-0.3, -0.25) is 19.3 Å². The molecule has 1 aromatic carbocycles. The van der Waals surface area contributed by atoms with Crippen molar-refractivity contribution in [3.05, 3.63) is 59.2 Å². The molecule has 0 unspecified atom stereocenters. The van der Waals surface area contributed by atoms with Crippen molar-refractivity contribution in [1.82, 2.24) is 34.0 Å². The van der Waals surface area contributed by atoms with Gasteiger partial charge in [0.1, 0.15) is 5.60 Å². The number of carbonyl (C=O) groups is 3. The number of ether oxygens (including phenoxy) is 1. The van der Waals surface area contributed by atoms with Crippen LogP contribution in [-0.2, 0) is 40.8 Å². The lowest BCUT2D eigenvalue weighted by molar-refractivity contribution is -0.141. The van der Waals surface area contributed by atoms with Crippen LogP contribution in [0.3, 0.4) is 0 Å². The van der Waals surface area contributed by atoms with Crippen LogP contribution in [0, 0.1) is 5.92 Å². The van der Waals surface area contributed by atoms with E-state index in [1.807, 2.05) is 60.5 Å². The second-order valence-electron chi connectivity index (χ2n) is 16.2. The monoisotopic (exact) mass is 742 g/mol. The summed E-state index contributed by atoms with van der Waals surface area (Å²) in [7, 11) is 1.91. The number of piperidine rings is 1. The molecule has 3 amide bonds. The first kappa shape index (κ1) is 36.0. The second-order valence-corrected chi connectivity index (χ2v) is 16.2. The van der Waals surface area contributed by atoms with Crippen LogP contribution in [0.1, 0.15) is 81.8 Å². The maximum Gasteiger partial charge on any atom is 0.410 e. The van der Waals surface area contributed by atoms with Crippen molar-refractivity contribution >= 4 is 40.3 Å². The van der Waals surface area contributed by atoms with Crippen LogP contribution in [0.2, 0.25) is 0 Å². The van der Waals surface area contributed by atoms with E-state index in [4.69, 9.17) is 9.84 Å². The first-order chi connectivity index (χ1) is 25.8. The molecule has 8 rings (SSSR count). The third-order valence-corrected chi connectivity index (χ3v) is 11.5. The van der Waals surface area contributed by atoms with Gasteiger partial charge in [0.25, 0.3) is 6.43 Å². The maximum atomic E-state index is 15.0. The van der Waals surface area contributed by atoms with E-state index in [1.165, 1.54) is 0 Å². The van der Waals surface area contributed by atoms with Gasteiger partial charge in [-0.15, -0.1) is 0 Å². The van der Waals surface area contributed by atoms with Gasteiger partial charge in [0.05, 0.1) is 24.0 Å². The minimum atomic E-state index is -2.70. The highest BCUT2D eigenvalue weighted by Gasteiger charge is 2.41. The first-order valence-corrected chi connectivity index (χ1v) is 19.0. The van der Waals surface area contributed by atoms with E-state index in [0.29, 0.717) is 70.6 Å². The molecule has 286 valence electrons. The Balaban J connectivity index is 1.07. The van der Waals surface area contributed by atoms with Crippen LogP contribution in [0.15, 0.2) is 36.8 Å². The van der Waals surface area contributed by atoms with Crippen LogP contribution in [0.25, 0.3) is 22.0 Å². The number of likely N-dealkylation sites (tertiary alicyclic amines) is 2. The quantitative estimate of drug-likeness (QED) is 0.233. The van der Waals surface area contributed by atoms with Crippen molar-refractivity contribution in [3.63, 3.8) is 0 Å². The number of alkyl halides is 2. The normalized spacial score (nSPS) is 18.2. The molecule has 54 heavy (non-hydrogen) atoms. The van der Waals surface area contributed by atoms with Crippen LogP contribution in [-0.4, -0.2) is 96.8 Å². The summed E-state index contributed by atoms with van der Waals surface area (Å²) in [5, 5.41) is 6.09. The summed E-state index contributed by atoms with van der Waals surface area (Å²) in [6, 6.07) is 5.51. The number of hydrogen-bond donors (Lipinski definition) is 0. The van der Waals surface area contributed by atoms with E-state index in [-0.39, 0.29) is 29.3 Å². The number of hydrogen-bond acceptors (Lipinski definition) is 7. The fraction of sp³-hybridized carbons (Fsp3) is 0.525. The van der Waals surface area contributed by atoms with Crippen LogP contribution in [0.5, 0.6) is 0 Å². The molecular formula is C40H48F2N8O4. The topological polar surface area (TPSA) is 109 Å². The van der Waals surface area contributed by atoms with Gasteiger partial charge < -0.3 is 28.9 Å². The summed E-state index contributed by atoms with van der Waals surface area (Å²) < 4.78 is 39.5. The SMILES string of the molecule is CC(=O)N1CCc2c(c(N3CCCc4cc(-c5cn(C)c6ccncc56)c(C(F)F)cc43)nn2C2CCN(C(=O)C3CN(C(=O)OC(C)(C)C)C3)CC2)C1. The third-order valence-electron chi connectivity index (χ3n) is 11.5. The molecule has 4 aliphatic heterocycles. The van der Waals surface area contributed by atoms with Crippen LogP contribution in [0.4, 0.5) is 25.1 Å². The average Bonchev–Trinajstić information content (AvgIpc) is 3.66. The minimum Gasteiger partial charge on any atom is -0.444 e. The van der Waals surface area contributed by atoms with Crippen molar-refractivity contribution in [1.29, 1.82) is 0 Å². The maximum absolute atomic E-state index is 15.0. The summed E-state index contributed by atoms with van der Waals surface area (Å²) in [5.41, 5.74) is 5.29. The lowest BCUT2D eigenvalue weighted by Gasteiger charge is -2.42. The van der Waals surface area contributed by atoms with Gasteiger partial charge in [-0.25, -0.2) is 13.6 Å². The van der Waals surface area contributed by atoms with Gasteiger partial charge in [0.2, 0.25) is 11.8 Å². The predicted octanol–water partition coefficient (Wildman–Crippen LogP) is 6.39. The minimum absolute atomic E-state index is 0.0133. The highest BCUT2D eigenvalue weighted by molar-refractivity contribution is 5.97. The number of rotatable bonds is 5. The Kier molecular flexibility index (Phi) is 9.12. The lowest BCUT2D eigenvalue weighted by atomic mass is 9.91. The highest BCUT2D eigenvalue weighted by atomic mass is 19.3. The zero-order valence-corrected chi connectivity index (χ0v) is 31.6. The van der Waals surface area contributed by atoms with Crippen molar-refractivity contribution in [3.8, 4) is 11.1 Å². The van der Waals surface area contributed by atoms with Gasteiger partial charge in [-0.2, -0.15) is 5.10 Å². The number of amides is 3. The molecule has 4 aliphatic rings. The average molecular weight is 743 g/mol. The third kappa shape index (κ3) is 6.46. The summed E-state index contributed by atoms with van der Waals surface area (Å²) in [6.07, 6.45) is 5.89. The van der Waals surface area contributed by atoms with E-state index in [9.17, 15) is 14.4 Å². The Labute approximate surface area is 313 Å². The highest BCUT2D eigenvalue weighted by Crippen LogP contribution is 2.45. The van der Waals surface area contributed by atoms with Crippen LogP contribution < -0.4 is 4.90 Å². The smallest absolute Gasteiger partial charge is 0.410 e. The van der Waals surface area contributed by atoms with E-state index >= 15 is 8.78 Å². The molecular weight excluding hydrogens is 694 g/mol. The molecule has 2 fully saturated rings. The number of carbonyl (C=O) groups excluding carboxylic acids is 3. The van der Waals surface area contributed by atoms with Crippen molar-refractivity contribution in [2.75, 3.05) is 44.2 Å².